The number of methoxy groups -OCH3 is 1. The average molecular weight is 474 g/mol. The number of allylic oxidation sites excluding steroid dienone is 1. The van der Waals surface area contributed by atoms with Gasteiger partial charge >= 0.3 is 5.97 Å². The average Bonchev–Trinajstić information content (AvgIpc) is 2.82. The van der Waals surface area contributed by atoms with E-state index in [-0.39, 0.29) is 17.8 Å². The number of carbonyl (C=O) groups excluding carboxylic acids is 1. The van der Waals surface area contributed by atoms with Gasteiger partial charge < -0.3 is 9.47 Å². The van der Waals surface area contributed by atoms with E-state index >= 15 is 0 Å². The van der Waals surface area contributed by atoms with Gasteiger partial charge in [-0.1, -0.05) is 74.8 Å². The fraction of sp³-hybridized carbons (Fsp3) is 0.241. The molecule has 0 aliphatic carbocycles. The van der Waals surface area contributed by atoms with Gasteiger partial charge in [-0.25, -0.2) is 0 Å². The number of rotatable bonds is 7. The molecular formula is C29H28ClNO3. The molecule has 0 spiro atoms. The number of hydrogen-bond acceptors (Lipinski definition) is 4. The maximum atomic E-state index is 12.5. The summed E-state index contributed by atoms with van der Waals surface area (Å²) in [6.07, 6.45) is 2.60. The lowest BCUT2D eigenvalue weighted by Gasteiger charge is -2.19. The van der Waals surface area contributed by atoms with Crippen LogP contribution >= 0.6 is 11.6 Å². The fourth-order valence-corrected chi connectivity index (χ4v) is 3.55. The molecule has 0 aliphatic rings. The number of hydrogen-bond donors (Lipinski definition) is 0. The topological polar surface area (TPSA) is 59.3 Å². The zero-order valence-corrected chi connectivity index (χ0v) is 20.6. The van der Waals surface area contributed by atoms with E-state index in [1.165, 1.54) is 12.7 Å². The van der Waals surface area contributed by atoms with E-state index in [4.69, 9.17) is 21.1 Å². The number of nitriles is 1. The normalized spacial score (nSPS) is 11.6. The Kier molecular flexibility index (Phi) is 8.15. The minimum Gasteiger partial charge on any atom is -0.493 e. The third-order valence-corrected chi connectivity index (χ3v) is 5.69. The lowest BCUT2D eigenvalue weighted by molar-refractivity contribution is -0.134. The molecule has 0 radical (unpaired) electrons. The first-order chi connectivity index (χ1) is 16.2. The van der Waals surface area contributed by atoms with Gasteiger partial charge in [-0.2, -0.15) is 5.26 Å². The molecule has 0 atom stereocenters. The van der Waals surface area contributed by atoms with Gasteiger partial charge in [-0.15, -0.1) is 0 Å². The van der Waals surface area contributed by atoms with Crippen LogP contribution in [0, 0.1) is 11.3 Å². The van der Waals surface area contributed by atoms with Gasteiger partial charge in [0, 0.05) is 11.4 Å². The Balaban J connectivity index is 1.67. The minimum absolute atomic E-state index is 0.0954. The zero-order valence-electron chi connectivity index (χ0n) is 19.9. The summed E-state index contributed by atoms with van der Waals surface area (Å²) in [5.41, 5.74) is 4.44. The van der Waals surface area contributed by atoms with Gasteiger partial charge in [0.05, 0.1) is 18.8 Å². The second-order valence-corrected chi connectivity index (χ2v) is 9.44. The number of halogens is 1. The molecule has 34 heavy (non-hydrogen) atoms. The summed E-state index contributed by atoms with van der Waals surface area (Å²) in [5.74, 6) is 0.433. The van der Waals surface area contributed by atoms with E-state index < -0.39 is 0 Å². The van der Waals surface area contributed by atoms with Crippen LogP contribution in [0.4, 0.5) is 0 Å². The molecule has 0 saturated heterocycles. The van der Waals surface area contributed by atoms with Crippen molar-refractivity contribution in [2.24, 2.45) is 0 Å². The van der Waals surface area contributed by atoms with Crippen molar-refractivity contribution < 1.29 is 14.3 Å². The van der Waals surface area contributed by atoms with Gasteiger partial charge in [-0.05, 0) is 64.4 Å². The van der Waals surface area contributed by atoms with E-state index in [1.807, 2.05) is 0 Å². The summed E-state index contributed by atoms with van der Waals surface area (Å²) in [4.78, 5) is 12.5. The summed E-state index contributed by atoms with van der Waals surface area (Å²) in [7, 11) is 1.52. The molecule has 0 heterocycles. The van der Waals surface area contributed by atoms with Crippen LogP contribution < -0.4 is 9.47 Å². The van der Waals surface area contributed by atoms with Crippen LogP contribution in [0.2, 0.25) is 5.02 Å². The zero-order chi connectivity index (χ0) is 24.7. The molecule has 0 saturated carbocycles. The van der Waals surface area contributed by atoms with Crippen LogP contribution in [0.1, 0.15) is 49.4 Å². The van der Waals surface area contributed by atoms with Crippen LogP contribution in [0.15, 0.2) is 66.7 Å². The van der Waals surface area contributed by atoms with Crippen molar-refractivity contribution in [3.05, 3.63) is 94.0 Å². The molecule has 5 heteroatoms. The Morgan fingerprint density at radius 1 is 1.00 bits per heavy atom. The quantitative estimate of drug-likeness (QED) is 0.157. The third kappa shape index (κ3) is 6.73. The Morgan fingerprint density at radius 2 is 1.68 bits per heavy atom. The Hall–Kier alpha value is -3.55. The molecule has 174 valence electrons. The highest BCUT2D eigenvalue weighted by atomic mass is 35.5. The highest BCUT2D eigenvalue weighted by Gasteiger charge is 2.14. The molecule has 0 aromatic heterocycles. The first-order valence-corrected chi connectivity index (χ1v) is 11.4. The lowest BCUT2D eigenvalue weighted by atomic mass is 9.86. The highest BCUT2D eigenvalue weighted by molar-refractivity contribution is 6.30. The summed E-state index contributed by atoms with van der Waals surface area (Å²) in [6.45, 7) is 6.52. The summed E-state index contributed by atoms with van der Waals surface area (Å²) in [6, 6.07) is 22.8. The van der Waals surface area contributed by atoms with E-state index in [9.17, 15) is 10.1 Å². The first-order valence-electron chi connectivity index (χ1n) is 11.1. The Morgan fingerprint density at radius 3 is 2.26 bits per heavy atom. The summed E-state index contributed by atoms with van der Waals surface area (Å²) < 4.78 is 11.0. The first kappa shape index (κ1) is 25.1. The van der Waals surface area contributed by atoms with Gasteiger partial charge in [0.25, 0.3) is 0 Å². The summed E-state index contributed by atoms with van der Waals surface area (Å²) in [5, 5.41) is 10.2. The SMILES string of the molecule is COc1cc(/C=C(\C#N)c2ccc(Cl)cc2)ccc1OC(=O)CCc1ccc(C(C)(C)C)cc1. The van der Waals surface area contributed by atoms with Crippen molar-refractivity contribution in [3.8, 4) is 17.6 Å². The van der Waals surface area contributed by atoms with E-state index in [1.54, 1.807) is 48.5 Å². The molecular weight excluding hydrogens is 446 g/mol. The second-order valence-electron chi connectivity index (χ2n) is 9.01. The third-order valence-electron chi connectivity index (χ3n) is 5.44. The van der Waals surface area contributed by atoms with Crippen molar-refractivity contribution in [2.45, 2.75) is 39.0 Å². The number of ether oxygens (including phenoxy) is 2. The highest BCUT2D eigenvalue weighted by Crippen LogP contribution is 2.30. The Bertz CT molecular complexity index is 1210. The number of carbonyl (C=O) groups is 1. The molecule has 0 unspecified atom stereocenters. The number of aryl methyl sites for hydroxylation is 1. The molecule has 0 fully saturated rings. The van der Waals surface area contributed by atoms with Crippen molar-refractivity contribution in [1.82, 2.24) is 0 Å². The van der Waals surface area contributed by atoms with Gasteiger partial charge in [0.1, 0.15) is 0 Å². The van der Waals surface area contributed by atoms with E-state index in [0.29, 0.717) is 28.5 Å². The van der Waals surface area contributed by atoms with Crippen LogP contribution in [0.25, 0.3) is 11.6 Å². The van der Waals surface area contributed by atoms with Gasteiger partial charge in [0.2, 0.25) is 0 Å². The second kappa shape index (κ2) is 11.0. The van der Waals surface area contributed by atoms with E-state index in [2.05, 4.69) is 51.1 Å². The molecule has 3 aromatic rings. The van der Waals surface area contributed by atoms with Crippen molar-refractivity contribution in [1.29, 1.82) is 5.26 Å². The number of benzene rings is 3. The predicted octanol–water partition coefficient (Wildman–Crippen LogP) is 7.25. The number of nitrogens with zero attached hydrogens (tertiary/aromatic N) is 1. The molecule has 0 N–H and O–H groups in total. The number of esters is 1. The molecule has 4 nitrogen and oxygen atoms in total. The van der Waals surface area contributed by atoms with Crippen LogP contribution in [-0.2, 0) is 16.6 Å². The predicted molar refractivity (Wildman–Crippen MR) is 137 cm³/mol. The van der Waals surface area contributed by atoms with Crippen molar-refractivity contribution >= 4 is 29.2 Å². The van der Waals surface area contributed by atoms with E-state index in [0.717, 1.165) is 16.7 Å². The largest absolute Gasteiger partial charge is 0.493 e. The van der Waals surface area contributed by atoms with Gasteiger partial charge in [0.15, 0.2) is 11.5 Å². The summed E-state index contributed by atoms with van der Waals surface area (Å²) >= 11 is 5.94. The Labute approximate surface area is 206 Å². The molecule has 3 rings (SSSR count). The maximum absolute atomic E-state index is 12.5. The monoisotopic (exact) mass is 473 g/mol. The standard InChI is InChI=1S/C29H28ClNO3/c1-29(2,3)24-11-5-20(6-12-24)8-16-28(32)34-26-15-7-21(18-27(26)33-4)17-23(19-31)22-9-13-25(30)14-10-22/h5-7,9-15,17-18H,8,16H2,1-4H3/b23-17+. The fourth-order valence-electron chi connectivity index (χ4n) is 3.43. The van der Waals surface area contributed by atoms with Crippen molar-refractivity contribution in [2.75, 3.05) is 7.11 Å². The minimum atomic E-state index is -0.333. The molecule has 0 bridgehead atoms. The lowest BCUT2D eigenvalue weighted by Crippen LogP contribution is -2.11. The molecule has 3 aromatic carbocycles. The maximum Gasteiger partial charge on any atom is 0.311 e. The van der Waals surface area contributed by atoms with Crippen molar-refractivity contribution in [3.63, 3.8) is 0 Å². The molecule has 0 amide bonds. The van der Waals surface area contributed by atoms with Gasteiger partial charge in [-0.3, -0.25) is 4.79 Å². The molecule has 0 aliphatic heterocycles. The van der Waals surface area contributed by atoms with Crippen LogP contribution in [-0.4, -0.2) is 13.1 Å². The van der Waals surface area contributed by atoms with Crippen LogP contribution in [0.3, 0.4) is 0 Å². The smallest absolute Gasteiger partial charge is 0.311 e. The van der Waals surface area contributed by atoms with Crippen LogP contribution in [0.5, 0.6) is 11.5 Å².